The Balaban J connectivity index is 3.02. The lowest BCUT2D eigenvalue weighted by atomic mass is 9.89. The molecule has 6 nitrogen and oxygen atoms in total. The molecule has 0 spiro atoms. The highest BCUT2D eigenvalue weighted by Gasteiger charge is 2.28. The number of esters is 1. The Morgan fingerprint density at radius 2 is 1.48 bits per heavy atom. The molecule has 0 amide bonds. The molecule has 142 valence electrons. The lowest BCUT2D eigenvalue weighted by Crippen LogP contribution is -2.28. The Bertz CT molecular complexity index is 518. The second-order valence-corrected chi connectivity index (χ2v) is 6.07. The molecule has 2 unspecified atom stereocenters. The number of hydrogen-bond acceptors (Lipinski definition) is 6. The molecule has 0 radical (unpaired) electrons. The van der Waals surface area contributed by atoms with E-state index >= 15 is 0 Å². The van der Waals surface area contributed by atoms with Gasteiger partial charge in [-0.15, -0.1) is 0 Å². The molecule has 0 heterocycles. The average Bonchev–Trinajstić information content (AvgIpc) is 2.61. The van der Waals surface area contributed by atoms with Crippen LogP contribution in [0.2, 0.25) is 0 Å². The summed E-state index contributed by atoms with van der Waals surface area (Å²) in [5.74, 6) is 0.736. The number of hydrogen-bond donors (Lipinski definition) is 0. The summed E-state index contributed by atoms with van der Waals surface area (Å²) in [5, 5.41) is 0. The molecule has 0 bridgehead atoms. The van der Waals surface area contributed by atoms with Crippen molar-refractivity contribution in [2.24, 2.45) is 11.8 Å². The average molecular weight is 354 g/mol. The van der Waals surface area contributed by atoms with Gasteiger partial charge in [-0.1, -0.05) is 6.92 Å². The zero-order valence-corrected chi connectivity index (χ0v) is 16.1. The smallest absolute Gasteiger partial charge is 0.314 e. The molecule has 1 rings (SSSR count). The van der Waals surface area contributed by atoms with Crippen molar-refractivity contribution in [3.8, 4) is 17.2 Å². The van der Waals surface area contributed by atoms with E-state index < -0.39 is 0 Å². The molecule has 0 aromatic heterocycles. The Kier molecular flexibility index (Phi) is 9.31. The van der Waals surface area contributed by atoms with Crippen molar-refractivity contribution in [1.82, 2.24) is 0 Å². The van der Waals surface area contributed by atoms with E-state index in [2.05, 4.69) is 0 Å². The number of methoxy groups -OCH3 is 4. The minimum Gasteiger partial charge on any atom is -0.493 e. The molecule has 0 saturated carbocycles. The zero-order valence-electron chi connectivity index (χ0n) is 16.1. The van der Waals surface area contributed by atoms with Gasteiger partial charge in [0.05, 0.1) is 20.1 Å². The van der Waals surface area contributed by atoms with Gasteiger partial charge in [0.2, 0.25) is 5.75 Å². The first-order valence-electron chi connectivity index (χ1n) is 8.40. The van der Waals surface area contributed by atoms with Gasteiger partial charge in [0.1, 0.15) is 0 Å². The third kappa shape index (κ3) is 6.21. The molecule has 0 aliphatic rings. The summed E-state index contributed by atoms with van der Waals surface area (Å²) in [6.45, 7) is 5.02. The first kappa shape index (κ1) is 21.3. The quantitative estimate of drug-likeness (QED) is 0.449. The van der Waals surface area contributed by atoms with Crippen LogP contribution in [0, 0.1) is 18.8 Å². The van der Waals surface area contributed by atoms with E-state index in [4.69, 9.17) is 23.7 Å². The molecular weight excluding hydrogens is 324 g/mol. The second-order valence-electron chi connectivity index (χ2n) is 6.07. The SMILES string of the molecule is COCCC(C)C(CCOC)C(=O)Oc1c(OC)cc(C)cc1OC. The van der Waals surface area contributed by atoms with Crippen molar-refractivity contribution in [3.05, 3.63) is 17.7 Å². The van der Waals surface area contributed by atoms with Gasteiger partial charge in [-0.2, -0.15) is 0 Å². The molecule has 1 aromatic rings. The van der Waals surface area contributed by atoms with Crippen molar-refractivity contribution in [3.63, 3.8) is 0 Å². The summed E-state index contributed by atoms with van der Waals surface area (Å²) in [7, 11) is 6.34. The maximum absolute atomic E-state index is 12.8. The van der Waals surface area contributed by atoms with Crippen molar-refractivity contribution in [2.75, 3.05) is 41.7 Å². The molecule has 0 saturated heterocycles. The normalized spacial score (nSPS) is 13.2. The van der Waals surface area contributed by atoms with Gasteiger partial charge in [0.25, 0.3) is 0 Å². The number of rotatable bonds is 11. The lowest BCUT2D eigenvalue weighted by molar-refractivity contribution is -0.141. The van der Waals surface area contributed by atoms with Crippen LogP contribution >= 0.6 is 0 Å². The van der Waals surface area contributed by atoms with Gasteiger partial charge in [-0.3, -0.25) is 4.79 Å². The molecule has 2 atom stereocenters. The number of ether oxygens (including phenoxy) is 5. The van der Waals surface area contributed by atoms with E-state index in [1.807, 2.05) is 26.0 Å². The summed E-state index contributed by atoms with van der Waals surface area (Å²) in [4.78, 5) is 12.8. The highest BCUT2D eigenvalue weighted by atomic mass is 16.6. The first-order chi connectivity index (χ1) is 12.0. The fourth-order valence-corrected chi connectivity index (χ4v) is 2.67. The summed E-state index contributed by atoms with van der Waals surface area (Å²) >= 11 is 0. The molecule has 0 fully saturated rings. The highest BCUT2D eigenvalue weighted by Crippen LogP contribution is 2.39. The Morgan fingerprint density at radius 3 is 1.96 bits per heavy atom. The maximum atomic E-state index is 12.8. The van der Waals surface area contributed by atoms with Gasteiger partial charge < -0.3 is 23.7 Å². The third-order valence-electron chi connectivity index (χ3n) is 4.21. The third-order valence-corrected chi connectivity index (χ3v) is 4.21. The van der Waals surface area contributed by atoms with Crippen LogP contribution in [0.4, 0.5) is 0 Å². The maximum Gasteiger partial charge on any atom is 0.314 e. The van der Waals surface area contributed by atoms with Crippen LogP contribution in [0.1, 0.15) is 25.3 Å². The van der Waals surface area contributed by atoms with E-state index in [-0.39, 0.29) is 17.8 Å². The molecule has 0 N–H and O–H groups in total. The minimum absolute atomic E-state index is 0.102. The van der Waals surface area contributed by atoms with E-state index in [9.17, 15) is 4.79 Å². The van der Waals surface area contributed by atoms with E-state index in [1.165, 1.54) is 14.2 Å². The van der Waals surface area contributed by atoms with E-state index in [1.54, 1.807) is 14.2 Å². The summed E-state index contributed by atoms with van der Waals surface area (Å²) in [6, 6.07) is 3.62. The molecule has 25 heavy (non-hydrogen) atoms. The molecule has 0 aliphatic carbocycles. The number of carbonyl (C=O) groups is 1. The highest BCUT2D eigenvalue weighted by molar-refractivity contribution is 5.77. The first-order valence-corrected chi connectivity index (χ1v) is 8.40. The topological polar surface area (TPSA) is 63.2 Å². The fraction of sp³-hybridized carbons (Fsp3) is 0.632. The van der Waals surface area contributed by atoms with Crippen LogP contribution in [0.5, 0.6) is 17.2 Å². The standard InChI is InChI=1S/C19H30O6/c1-13-11-16(23-5)18(17(12-13)24-6)25-19(20)15(8-10-22-4)14(2)7-9-21-3/h11-12,14-15H,7-10H2,1-6H3. The number of benzene rings is 1. The summed E-state index contributed by atoms with van der Waals surface area (Å²) < 4.78 is 26.7. The second kappa shape index (κ2) is 10.9. The van der Waals surface area contributed by atoms with Crippen molar-refractivity contribution in [1.29, 1.82) is 0 Å². The van der Waals surface area contributed by atoms with Gasteiger partial charge in [0.15, 0.2) is 11.5 Å². The predicted octanol–water partition coefficient (Wildman–Crippen LogP) is 3.24. The van der Waals surface area contributed by atoms with Gasteiger partial charge in [0, 0.05) is 27.4 Å². The van der Waals surface area contributed by atoms with Gasteiger partial charge >= 0.3 is 5.97 Å². The van der Waals surface area contributed by atoms with Crippen LogP contribution in [-0.2, 0) is 14.3 Å². The van der Waals surface area contributed by atoms with Crippen LogP contribution < -0.4 is 14.2 Å². The van der Waals surface area contributed by atoms with Crippen molar-refractivity contribution in [2.45, 2.75) is 26.7 Å². The van der Waals surface area contributed by atoms with Gasteiger partial charge in [-0.25, -0.2) is 0 Å². The Hall–Kier alpha value is -1.79. The zero-order chi connectivity index (χ0) is 18.8. The van der Waals surface area contributed by atoms with Crippen LogP contribution in [0.3, 0.4) is 0 Å². The van der Waals surface area contributed by atoms with Crippen molar-refractivity contribution < 1.29 is 28.5 Å². The number of aryl methyl sites for hydroxylation is 1. The number of carbonyl (C=O) groups excluding carboxylic acids is 1. The van der Waals surface area contributed by atoms with Crippen molar-refractivity contribution >= 4 is 5.97 Å². The summed E-state index contributed by atoms with van der Waals surface area (Å²) in [5.41, 5.74) is 0.956. The Labute approximate surface area is 150 Å². The van der Waals surface area contributed by atoms with E-state index in [0.29, 0.717) is 36.9 Å². The summed E-state index contributed by atoms with van der Waals surface area (Å²) in [6.07, 6.45) is 1.35. The van der Waals surface area contributed by atoms with Crippen LogP contribution in [-0.4, -0.2) is 47.6 Å². The van der Waals surface area contributed by atoms with Crippen LogP contribution in [0.15, 0.2) is 12.1 Å². The van der Waals surface area contributed by atoms with Gasteiger partial charge in [-0.05, 0) is 43.4 Å². The fourth-order valence-electron chi connectivity index (χ4n) is 2.67. The Morgan fingerprint density at radius 1 is 0.960 bits per heavy atom. The molecule has 1 aromatic carbocycles. The largest absolute Gasteiger partial charge is 0.493 e. The lowest BCUT2D eigenvalue weighted by Gasteiger charge is -2.23. The minimum atomic E-state index is -0.318. The molecule has 0 aliphatic heterocycles. The molecule has 6 heteroatoms. The van der Waals surface area contributed by atoms with E-state index in [0.717, 1.165) is 12.0 Å². The molecular formula is C19H30O6. The predicted molar refractivity (Wildman–Crippen MR) is 95.6 cm³/mol. The monoisotopic (exact) mass is 354 g/mol. The van der Waals surface area contributed by atoms with Crippen LogP contribution in [0.25, 0.3) is 0 Å².